The minimum atomic E-state index is -0.348. The highest BCUT2D eigenvalue weighted by molar-refractivity contribution is 6.06. The topological polar surface area (TPSA) is 30.0 Å². The molecule has 0 fully saturated rings. The third-order valence-electron chi connectivity index (χ3n) is 2.26. The summed E-state index contributed by atoms with van der Waals surface area (Å²) in [5.74, 6) is -0.499. The van der Waals surface area contributed by atoms with Crippen molar-refractivity contribution in [3.63, 3.8) is 0 Å². The van der Waals surface area contributed by atoms with Crippen LogP contribution in [0, 0.1) is 5.82 Å². The van der Waals surface area contributed by atoms with Crippen LogP contribution in [0.3, 0.4) is 0 Å². The van der Waals surface area contributed by atoms with E-state index in [-0.39, 0.29) is 11.6 Å². The zero-order valence-corrected chi connectivity index (χ0v) is 9.01. The number of carbonyl (C=O) groups is 1. The Morgan fingerprint density at radius 2 is 1.71 bits per heavy atom. The Morgan fingerprint density at radius 1 is 1.06 bits per heavy atom. The van der Waals surface area contributed by atoms with Gasteiger partial charge in [0.15, 0.2) is 5.78 Å². The Labute approximate surface area is 98.4 Å². The normalized spacial score (nSPS) is 10.6. The van der Waals surface area contributed by atoms with Crippen LogP contribution >= 0.6 is 0 Å². The van der Waals surface area contributed by atoms with Crippen LogP contribution in [0.4, 0.5) is 4.39 Å². The fraction of sp³-hybridized carbons (Fsp3) is 0. The number of aromatic nitrogens is 1. The number of ketones is 1. The van der Waals surface area contributed by atoms with Crippen LogP contribution in [-0.4, -0.2) is 10.8 Å². The lowest BCUT2D eigenvalue weighted by atomic mass is 10.1. The van der Waals surface area contributed by atoms with Crippen LogP contribution < -0.4 is 0 Å². The molecule has 0 saturated heterocycles. The van der Waals surface area contributed by atoms with Gasteiger partial charge in [0.25, 0.3) is 0 Å². The van der Waals surface area contributed by atoms with Crippen LogP contribution in [0.1, 0.15) is 15.9 Å². The van der Waals surface area contributed by atoms with E-state index in [0.29, 0.717) is 5.56 Å². The van der Waals surface area contributed by atoms with Crippen LogP contribution in [0.5, 0.6) is 0 Å². The van der Waals surface area contributed by atoms with Crippen LogP contribution in [0.15, 0.2) is 54.9 Å². The smallest absolute Gasteiger partial charge is 0.185 e. The van der Waals surface area contributed by atoms with Gasteiger partial charge in [-0.15, -0.1) is 0 Å². The number of hydrogen-bond donors (Lipinski definition) is 0. The minimum absolute atomic E-state index is 0.151. The van der Waals surface area contributed by atoms with E-state index in [9.17, 15) is 9.18 Å². The molecule has 0 aliphatic heterocycles. The van der Waals surface area contributed by atoms with Gasteiger partial charge in [-0.25, -0.2) is 4.39 Å². The van der Waals surface area contributed by atoms with Crippen LogP contribution in [-0.2, 0) is 0 Å². The predicted molar refractivity (Wildman–Crippen MR) is 64.0 cm³/mol. The van der Waals surface area contributed by atoms with Gasteiger partial charge >= 0.3 is 0 Å². The van der Waals surface area contributed by atoms with Crippen molar-refractivity contribution in [1.29, 1.82) is 0 Å². The minimum Gasteiger partial charge on any atom is -0.289 e. The molecule has 1 aromatic carbocycles. The predicted octanol–water partition coefficient (Wildman–Crippen LogP) is 3.12. The Morgan fingerprint density at radius 3 is 2.35 bits per heavy atom. The Balaban J connectivity index is 2.12. The van der Waals surface area contributed by atoms with Crippen molar-refractivity contribution in [2.24, 2.45) is 0 Å². The van der Waals surface area contributed by atoms with Crippen molar-refractivity contribution in [3.8, 4) is 0 Å². The number of allylic oxidation sites excluding steroid dienone is 1. The van der Waals surface area contributed by atoms with E-state index < -0.39 is 0 Å². The maximum Gasteiger partial charge on any atom is 0.185 e. The average molecular weight is 227 g/mol. The average Bonchev–Trinajstić information content (AvgIpc) is 2.38. The first-order valence-corrected chi connectivity index (χ1v) is 5.14. The van der Waals surface area contributed by atoms with Crippen molar-refractivity contribution >= 4 is 11.9 Å². The molecule has 0 bridgehead atoms. The zero-order chi connectivity index (χ0) is 12.1. The van der Waals surface area contributed by atoms with Crippen molar-refractivity contribution in [1.82, 2.24) is 4.98 Å². The molecule has 3 heteroatoms. The lowest BCUT2D eigenvalue weighted by Crippen LogP contribution is -1.93. The molecule has 0 saturated carbocycles. The number of halogens is 1. The van der Waals surface area contributed by atoms with E-state index in [1.54, 1.807) is 30.6 Å². The summed E-state index contributed by atoms with van der Waals surface area (Å²) < 4.78 is 12.7. The first-order chi connectivity index (χ1) is 8.25. The summed E-state index contributed by atoms with van der Waals surface area (Å²) in [5, 5.41) is 0. The fourth-order valence-corrected chi connectivity index (χ4v) is 1.36. The number of hydrogen-bond acceptors (Lipinski definition) is 2. The van der Waals surface area contributed by atoms with E-state index in [2.05, 4.69) is 4.98 Å². The molecule has 0 radical (unpaired) electrons. The van der Waals surface area contributed by atoms with Gasteiger partial charge in [-0.05, 0) is 48.0 Å². The van der Waals surface area contributed by atoms with Crippen molar-refractivity contribution in [2.75, 3.05) is 0 Å². The van der Waals surface area contributed by atoms with E-state index in [0.717, 1.165) is 5.56 Å². The molecule has 1 aromatic heterocycles. The molecule has 2 rings (SSSR count). The molecule has 0 amide bonds. The highest BCUT2D eigenvalue weighted by Gasteiger charge is 2.00. The molecule has 0 aliphatic carbocycles. The maximum absolute atomic E-state index is 12.7. The lowest BCUT2D eigenvalue weighted by molar-refractivity contribution is 0.104. The lowest BCUT2D eigenvalue weighted by Gasteiger charge is -1.95. The van der Waals surface area contributed by atoms with Gasteiger partial charge in [-0.2, -0.15) is 0 Å². The monoisotopic (exact) mass is 227 g/mol. The molecular weight excluding hydrogens is 217 g/mol. The maximum atomic E-state index is 12.7. The van der Waals surface area contributed by atoms with Gasteiger partial charge in [0.05, 0.1) is 0 Å². The van der Waals surface area contributed by atoms with Gasteiger partial charge in [0.2, 0.25) is 0 Å². The first kappa shape index (κ1) is 11.2. The number of benzene rings is 1. The molecular formula is C14H10FNO. The summed E-state index contributed by atoms with van der Waals surface area (Å²) >= 11 is 0. The zero-order valence-electron chi connectivity index (χ0n) is 9.01. The van der Waals surface area contributed by atoms with E-state index >= 15 is 0 Å². The Kier molecular flexibility index (Phi) is 3.40. The quantitative estimate of drug-likeness (QED) is 0.595. The Hall–Kier alpha value is -2.29. The van der Waals surface area contributed by atoms with Crippen LogP contribution in [0.2, 0.25) is 0 Å². The van der Waals surface area contributed by atoms with Crippen molar-refractivity contribution in [2.45, 2.75) is 0 Å². The SMILES string of the molecule is O=C(C=Cc1ccncc1)c1ccc(F)cc1. The molecule has 2 nitrogen and oxygen atoms in total. The third kappa shape index (κ3) is 3.08. The molecule has 0 atom stereocenters. The molecule has 2 aromatic rings. The first-order valence-electron chi connectivity index (χ1n) is 5.14. The van der Waals surface area contributed by atoms with E-state index in [1.165, 1.54) is 30.3 Å². The summed E-state index contributed by atoms with van der Waals surface area (Å²) in [7, 11) is 0. The molecule has 1 heterocycles. The highest BCUT2D eigenvalue weighted by atomic mass is 19.1. The van der Waals surface area contributed by atoms with Gasteiger partial charge < -0.3 is 0 Å². The van der Waals surface area contributed by atoms with Gasteiger partial charge in [-0.1, -0.05) is 6.08 Å². The summed E-state index contributed by atoms with van der Waals surface area (Å²) in [6.07, 6.45) is 6.47. The van der Waals surface area contributed by atoms with Gasteiger partial charge in [0.1, 0.15) is 5.82 Å². The highest BCUT2D eigenvalue weighted by Crippen LogP contribution is 2.06. The third-order valence-corrected chi connectivity index (χ3v) is 2.26. The number of pyridine rings is 1. The summed E-state index contributed by atoms with van der Waals surface area (Å²) in [6.45, 7) is 0. The molecule has 0 N–H and O–H groups in total. The largest absolute Gasteiger partial charge is 0.289 e. The van der Waals surface area contributed by atoms with Gasteiger partial charge in [-0.3, -0.25) is 9.78 Å². The van der Waals surface area contributed by atoms with E-state index in [1.807, 2.05) is 0 Å². The molecule has 0 aliphatic rings. The molecule has 84 valence electrons. The fourth-order valence-electron chi connectivity index (χ4n) is 1.36. The second-order valence-corrected chi connectivity index (χ2v) is 3.49. The number of nitrogens with zero attached hydrogens (tertiary/aromatic N) is 1. The summed E-state index contributed by atoms with van der Waals surface area (Å²) in [5.41, 5.74) is 1.37. The standard InChI is InChI=1S/C14H10FNO/c15-13-4-2-12(3-5-13)14(17)6-1-11-7-9-16-10-8-11/h1-10H. The van der Waals surface area contributed by atoms with E-state index in [4.69, 9.17) is 0 Å². The molecule has 17 heavy (non-hydrogen) atoms. The number of carbonyl (C=O) groups excluding carboxylic acids is 1. The molecule has 0 spiro atoms. The second-order valence-electron chi connectivity index (χ2n) is 3.49. The van der Waals surface area contributed by atoms with Gasteiger partial charge in [0, 0.05) is 18.0 Å². The van der Waals surface area contributed by atoms with Crippen molar-refractivity contribution < 1.29 is 9.18 Å². The summed E-state index contributed by atoms with van der Waals surface area (Å²) in [6, 6.07) is 9.08. The second kappa shape index (κ2) is 5.16. The number of rotatable bonds is 3. The molecule has 0 unspecified atom stereocenters. The Bertz CT molecular complexity index is 532. The summed E-state index contributed by atoms with van der Waals surface area (Å²) in [4.78, 5) is 15.6. The van der Waals surface area contributed by atoms with Crippen LogP contribution in [0.25, 0.3) is 6.08 Å². The van der Waals surface area contributed by atoms with Crippen molar-refractivity contribution in [3.05, 3.63) is 71.8 Å².